The molecule has 1 aromatic carbocycles. The molecule has 0 bridgehead atoms. The van der Waals surface area contributed by atoms with E-state index in [1.54, 1.807) is 0 Å². The van der Waals surface area contributed by atoms with Crippen LogP contribution in [0.15, 0.2) is 24.3 Å². The fraction of sp³-hybridized carbons (Fsp3) is 0.231. The van der Waals surface area contributed by atoms with Crippen LogP contribution in [0, 0.1) is 0 Å². The lowest BCUT2D eigenvalue weighted by molar-refractivity contribution is -0.137. The minimum Gasteiger partial charge on any atom is -0.478 e. The maximum atomic E-state index is 11.9. The first-order valence-corrected chi connectivity index (χ1v) is 5.85. The van der Waals surface area contributed by atoms with Gasteiger partial charge in [-0.1, -0.05) is 0 Å². The Hall–Kier alpha value is -2.70. The average molecular weight is 276 g/mol. The quantitative estimate of drug-likeness (QED) is 0.748. The number of nitrogens with zero attached hydrogens (tertiary/aromatic N) is 1. The Labute approximate surface area is 114 Å². The Bertz CT molecular complexity index is 593. The fourth-order valence-corrected chi connectivity index (χ4v) is 1.87. The topological polar surface area (TPSA) is 104 Å². The molecule has 20 heavy (non-hydrogen) atoms. The number of carbonyl (C=O) groups excluding carboxylic acids is 3. The molecule has 2 rings (SSSR count). The number of carbonyl (C=O) groups is 4. The Morgan fingerprint density at radius 2 is 1.75 bits per heavy atom. The van der Waals surface area contributed by atoms with E-state index in [0.717, 1.165) is 4.90 Å². The maximum Gasteiger partial charge on any atom is 0.335 e. The summed E-state index contributed by atoms with van der Waals surface area (Å²) in [5, 5.41) is 11.2. The van der Waals surface area contributed by atoms with Gasteiger partial charge in [0.25, 0.3) is 11.8 Å². The number of imide groups is 1. The highest BCUT2D eigenvalue weighted by Crippen LogP contribution is 2.12. The minimum absolute atomic E-state index is 0.0612. The molecule has 0 aliphatic carbocycles. The van der Waals surface area contributed by atoms with Crippen molar-refractivity contribution >= 4 is 23.7 Å². The van der Waals surface area contributed by atoms with Crippen LogP contribution in [-0.2, 0) is 9.59 Å². The summed E-state index contributed by atoms with van der Waals surface area (Å²) in [6.45, 7) is 0. The van der Waals surface area contributed by atoms with Crippen molar-refractivity contribution in [2.24, 2.45) is 0 Å². The summed E-state index contributed by atoms with van der Waals surface area (Å²) in [6.07, 6.45) is -0.0612. The van der Waals surface area contributed by atoms with E-state index in [0.29, 0.717) is 0 Å². The molecule has 0 radical (unpaired) electrons. The molecule has 2 N–H and O–H groups in total. The van der Waals surface area contributed by atoms with E-state index in [4.69, 9.17) is 5.11 Å². The van der Waals surface area contributed by atoms with Crippen LogP contribution < -0.4 is 5.32 Å². The van der Waals surface area contributed by atoms with Crippen molar-refractivity contribution in [3.8, 4) is 0 Å². The summed E-state index contributed by atoms with van der Waals surface area (Å²) in [5.74, 6) is -2.41. The normalized spacial score (nSPS) is 18.2. The van der Waals surface area contributed by atoms with Crippen LogP contribution in [0.2, 0.25) is 0 Å². The van der Waals surface area contributed by atoms with Crippen molar-refractivity contribution in [2.45, 2.75) is 12.5 Å². The van der Waals surface area contributed by atoms with Crippen LogP contribution in [0.5, 0.6) is 0 Å². The number of aromatic carboxylic acids is 1. The summed E-state index contributed by atoms with van der Waals surface area (Å²) in [7, 11) is 1.36. The molecule has 1 heterocycles. The first kappa shape index (κ1) is 13.7. The van der Waals surface area contributed by atoms with E-state index in [9.17, 15) is 19.2 Å². The van der Waals surface area contributed by atoms with Gasteiger partial charge in [0.05, 0.1) is 12.0 Å². The molecular formula is C13H12N2O5. The van der Waals surface area contributed by atoms with E-state index in [1.807, 2.05) is 0 Å². The number of carboxylic acids is 1. The van der Waals surface area contributed by atoms with Crippen LogP contribution >= 0.6 is 0 Å². The van der Waals surface area contributed by atoms with Crippen molar-refractivity contribution in [2.75, 3.05) is 7.05 Å². The molecule has 7 nitrogen and oxygen atoms in total. The standard InChI is InChI=1S/C13H12N2O5/c1-15-10(16)6-9(12(15)18)14-11(17)7-2-4-8(5-3-7)13(19)20/h2-5,9H,6H2,1H3,(H,14,17)(H,19,20). The summed E-state index contributed by atoms with van der Waals surface area (Å²) in [4.78, 5) is 46.5. The lowest BCUT2D eigenvalue weighted by Gasteiger charge is -2.11. The van der Waals surface area contributed by atoms with Crippen molar-refractivity contribution in [1.29, 1.82) is 0 Å². The molecular weight excluding hydrogens is 264 g/mol. The third-order valence-corrected chi connectivity index (χ3v) is 3.08. The third-order valence-electron chi connectivity index (χ3n) is 3.08. The molecule has 1 aliphatic heterocycles. The highest BCUT2D eigenvalue weighted by atomic mass is 16.4. The molecule has 1 fully saturated rings. The van der Waals surface area contributed by atoms with E-state index >= 15 is 0 Å². The van der Waals surface area contributed by atoms with Gasteiger partial charge in [0.2, 0.25) is 5.91 Å². The Morgan fingerprint density at radius 1 is 1.20 bits per heavy atom. The number of benzene rings is 1. The number of likely N-dealkylation sites (tertiary alicyclic amines) is 1. The monoisotopic (exact) mass is 276 g/mol. The van der Waals surface area contributed by atoms with Crippen molar-refractivity contribution in [3.63, 3.8) is 0 Å². The molecule has 0 aromatic heterocycles. The largest absolute Gasteiger partial charge is 0.478 e. The summed E-state index contributed by atoms with van der Waals surface area (Å²) < 4.78 is 0. The van der Waals surface area contributed by atoms with Crippen LogP contribution in [0.3, 0.4) is 0 Å². The molecule has 0 saturated carbocycles. The summed E-state index contributed by atoms with van der Waals surface area (Å²) in [6, 6.07) is 4.43. The van der Waals surface area contributed by atoms with Crippen LogP contribution in [0.25, 0.3) is 0 Å². The third kappa shape index (κ3) is 2.51. The number of rotatable bonds is 3. The van der Waals surface area contributed by atoms with Gasteiger partial charge in [-0.3, -0.25) is 19.3 Å². The number of hydrogen-bond acceptors (Lipinski definition) is 4. The molecule has 1 atom stereocenters. The van der Waals surface area contributed by atoms with Gasteiger partial charge in [0, 0.05) is 12.6 Å². The highest BCUT2D eigenvalue weighted by Gasteiger charge is 2.36. The zero-order valence-corrected chi connectivity index (χ0v) is 10.6. The first-order chi connectivity index (χ1) is 9.40. The van der Waals surface area contributed by atoms with Crippen molar-refractivity contribution in [1.82, 2.24) is 10.2 Å². The van der Waals surface area contributed by atoms with Crippen LogP contribution in [-0.4, -0.2) is 46.8 Å². The van der Waals surface area contributed by atoms with Crippen LogP contribution in [0.4, 0.5) is 0 Å². The van der Waals surface area contributed by atoms with Crippen molar-refractivity contribution in [3.05, 3.63) is 35.4 Å². The Morgan fingerprint density at radius 3 is 2.20 bits per heavy atom. The van der Waals surface area contributed by atoms with E-state index < -0.39 is 23.8 Å². The molecule has 1 aromatic rings. The molecule has 0 spiro atoms. The van der Waals surface area contributed by atoms with Gasteiger partial charge < -0.3 is 10.4 Å². The maximum absolute atomic E-state index is 11.9. The van der Waals surface area contributed by atoms with Gasteiger partial charge in [-0.2, -0.15) is 0 Å². The number of amides is 3. The van der Waals surface area contributed by atoms with E-state index in [2.05, 4.69) is 5.32 Å². The number of hydrogen-bond donors (Lipinski definition) is 2. The average Bonchev–Trinajstić information content (AvgIpc) is 2.66. The van der Waals surface area contributed by atoms with Gasteiger partial charge in [-0.25, -0.2) is 4.79 Å². The SMILES string of the molecule is CN1C(=O)CC(NC(=O)c2ccc(C(=O)O)cc2)C1=O. The predicted molar refractivity (Wildman–Crippen MR) is 67.0 cm³/mol. The van der Waals surface area contributed by atoms with E-state index in [1.165, 1.54) is 31.3 Å². The lowest BCUT2D eigenvalue weighted by atomic mass is 10.1. The lowest BCUT2D eigenvalue weighted by Crippen LogP contribution is -2.40. The van der Waals surface area contributed by atoms with Crippen LogP contribution in [0.1, 0.15) is 27.1 Å². The summed E-state index contributed by atoms with van der Waals surface area (Å²) >= 11 is 0. The Balaban J connectivity index is 2.07. The second-order valence-corrected chi connectivity index (χ2v) is 4.40. The fourth-order valence-electron chi connectivity index (χ4n) is 1.87. The zero-order valence-electron chi connectivity index (χ0n) is 10.6. The van der Waals surface area contributed by atoms with Gasteiger partial charge in [-0.15, -0.1) is 0 Å². The van der Waals surface area contributed by atoms with Gasteiger partial charge in [0.15, 0.2) is 0 Å². The zero-order chi connectivity index (χ0) is 14.9. The van der Waals surface area contributed by atoms with Gasteiger partial charge in [-0.05, 0) is 24.3 Å². The number of likely N-dealkylation sites (N-methyl/N-ethyl adjacent to an activating group) is 1. The number of nitrogens with one attached hydrogen (secondary N) is 1. The molecule has 104 valence electrons. The highest BCUT2D eigenvalue weighted by molar-refractivity contribution is 6.08. The molecule has 7 heteroatoms. The first-order valence-electron chi connectivity index (χ1n) is 5.85. The second kappa shape index (κ2) is 5.12. The minimum atomic E-state index is -1.09. The number of carboxylic acid groups (broad SMARTS) is 1. The van der Waals surface area contributed by atoms with E-state index in [-0.39, 0.29) is 23.5 Å². The van der Waals surface area contributed by atoms with Gasteiger partial charge in [0.1, 0.15) is 6.04 Å². The molecule has 1 saturated heterocycles. The molecule has 3 amide bonds. The smallest absolute Gasteiger partial charge is 0.335 e. The van der Waals surface area contributed by atoms with Gasteiger partial charge >= 0.3 is 5.97 Å². The molecule has 1 aliphatic rings. The molecule has 1 unspecified atom stereocenters. The predicted octanol–water partition coefficient (Wildman–Crippen LogP) is -0.128. The van der Waals surface area contributed by atoms with Crippen molar-refractivity contribution < 1.29 is 24.3 Å². The second-order valence-electron chi connectivity index (χ2n) is 4.40. The Kier molecular flexibility index (Phi) is 3.51. The summed E-state index contributed by atoms with van der Waals surface area (Å²) in [5.41, 5.74) is 0.290.